The number of carbonyl (C=O) groups is 1. The van der Waals surface area contributed by atoms with Gasteiger partial charge in [-0.25, -0.2) is 0 Å². The van der Waals surface area contributed by atoms with Crippen LogP contribution in [-0.4, -0.2) is 79.8 Å². The van der Waals surface area contributed by atoms with Crippen molar-refractivity contribution in [3.8, 4) is 0 Å². The number of halogens is 9. The molecule has 208 valence electrons. The highest BCUT2D eigenvalue weighted by molar-refractivity contribution is 5.74. The van der Waals surface area contributed by atoms with Gasteiger partial charge in [0.1, 0.15) is 6.04 Å². The molecule has 3 aliphatic heterocycles. The Hall–Kier alpha value is -2.26. The second-order valence-corrected chi connectivity index (χ2v) is 9.53. The summed E-state index contributed by atoms with van der Waals surface area (Å²) in [5, 5.41) is 11.4. The Morgan fingerprint density at radius 1 is 1.00 bits per heavy atom. The van der Waals surface area contributed by atoms with Crippen molar-refractivity contribution in [2.75, 3.05) is 44.3 Å². The molecule has 1 aromatic rings. The molecule has 0 spiro atoms. The summed E-state index contributed by atoms with van der Waals surface area (Å²) in [7, 11) is 0. The van der Waals surface area contributed by atoms with Crippen LogP contribution in [0, 0.1) is 17.8 Å². The molecule has 1 aromatic carbocycles. The second kappa shape index (κ2) is 9.80. The van der Waals surface area contributed by atoms with E-state index < -0.39 is 73.0 Å². The van der Waals surface area contributed by atoms with Crippen LogP contribution < -0.4 is 10.2 Å². The van der Waals surface area contributed by atoms with Gasteiger partial charge in [0.05, 0.1) is 18.8 Å². The van der Waals surface area contributed by atoms with Crippen LogP contribution in [-0.2, 0) is 22.3 Å². The van der Waals surface area contributed by atoms with Crippen molar-refractivity contribution in [2.45, 2.75) is 37.2 Å². The fraction of sp³-hybridized carbons (Fsp3) is 0.682. The highest BCUT2D eigenvalue weighted by Gasteiger charge is 2.66. The fourth-order valence-electron chi connectivity index (χ4n) is 5.67. The molecule has 0 aliphatic carbocycles. The van der Waals surface area contributed by atoms with Crippen molar-refractivity contribution in [1.82, 2.24) is 10.2 Å². The van der Waals surface area contributed by atoms with E-state index in [1.807, 2.05) is 5.32 Å². The second-order valence-electron chi connectivity index (χ2n) is 9.53. The van der Waals surface area contributed by atoms with E-state index >= 15 is 0 Å². The Labute approximate surface area is 205 Å². The van der Waals surface area contributed by atoms with E-state index in [1.165, 1.54) is 17.0 Å². The maximum Gasteiger partial charge on any atom is 0.416 e. The number of carboxylic acid groups (broad SMARTS) is 1. The number of likely N-dealkylation sites (tertiary alicyclic amines) is 1. The number of morpholine rings is 1. The Kier molecular flexibility index (Phi) is 7.36. The molecule has 0 radical (unpaired) electrons. The number of hydrogen-bond donors (Lipinski definition) is 2. The molecule has 3 heterocycles. The van der Waals surface area contributed by atoms with Crippen LogP contribution in [0.2, 0.25) is 0 Å². The molecule has 15 heteroatoms. The fourth-order valence-corrected chi connectivity index (χ4v) is 5.67. The van der Waals surface area contributed by atoms with Crippen LogP contribution in [0.15, 0.2) is 18.2 Å². The average Bonchev–Trinajstić information content (AvgIpc) is 3.31. The Balaban J connectivity index is 1.60. The lowest BCUT2D eigenvalue weighted by atomic mass is 9.84. The van der Waals surface area contributed by atoms with Crippen LogP contribution in [0.25, 0.3) is 0 Å². The van der Waals surface area contributed by atoms with E-state index in [4.69, 9.17) is 4.74 Å². The summed E-state index contributed by atoms with van der Waals surface area (Å²) in [6, 6.07) is -0.300. The third-order valence-electron chi connectivity index (χ3n) is 7.25. The Morgan fingerprint density at radius 3 is 2.14 bits per heavy atom. The van der Waals surface area contributed by atoms with Gasteiger partial charge in [0, 0.05) is 50.4 Å². The molecule has 0 bridgehead atoms. The molecule has 0 saturated carbocycles. The van der Waals surface area contributed by atoms with Crippen molar-refractivity contribution in [1.29, 1.82) is 0 Å². The van der Waals surface area contributed by atoms with Crippen molar-refractivity contribution >= 4 is 11.7 Å². The lowest BCUT2D eigenvalue weighted by Gasteiger charge is -2.32. The van der Waals surface area contributed by atoms with Gasteiger partial charge >= 0.3 is 24.5 Å². The molecule has 2 N–H and O–H groups in total. The number of carboxylic acids is 1. The number of benzene rings is 1. The zero-order valence-corrected chi connectivity index (χ0v) is 19.1. The molecule has 6 nitrogen and oxygen atoms in total. The molecule has 3 fully saturated rings. The van der Waals surface area contributed by atoms with Gasteiger partial charge < -0.3 is 20.1 Å². The molecule has 37 heavy (non-hydrogen) atoms. The lowest BCUT2D eigenvalue weighted by Crippen LogP contribution is -2.53. The van der Waals surface area contributed by atoms with Crippen LogP contribution >= 0.6 is 0 Å². The number of aliphatic carboxylic acids is 1. The lowest BCUT2D eigenvalue weighted by molar-refractivity contribution is -0.293. The molecule has 4 atom stereocenters. The van der Waals surface area contributed by atoms with E-state index in [2.05, 4.69) is 0 Å². The van der Waals surface area contributed by atoms with Crippen LogP contribution in [0.1, 0.15) is 11.1 Å². The quantitative estimate of drug-likeness (QED) is 0.546. The van der Waals surface area contributed by atoms with E-state index in [0.717, 1.165) is 6.07 Å². The SMILES string of the molecule is O=C(O)C1NC(C(C(F)(F)F)C(F)(F)F)C2CN(Cc3ccc(N4CCOCC4)cc3C(F)(F)F)CC12. The summed E-state index contributed by atoms with van der Waals surface area (Å²) in [5.41, 5.74) is -0.864. The smallest absolute Gasteiger partial charge is 0.416 e. The van der Waals surface area contributed by atoms with Crippen molar-refractivity contribution < 1.29 is 54.2 Å². The molecule has 0 amide bonds. The number of hydrogen-bond acceptors (Lipinski definition) is 5. The van der Waals surface area contributed by atoms with Gasteiger partial charge in [-0.15, -0.1) is 0 Å². The first-order valence-corrected chi connectivity index (χ1v) is 11.4. The van der Waals surface area contributed by atoms with E-state index in [9.17, 15) is 49.4 Å². The van der Waals surface area contributed by atoms with Gasteiger partial charge in [-0.3, -0.25) is 9.69 Å². The number of anilines is 1. The first-order valence-electron chi connectivity index (χ1n) is 11.4. The highest BCUT2D eigenvalue weighted by atomic mass is 19.4. The monoisotopic (exact) mass is 549 g/mol. The van der Waals surface area contributed by atoms with Crippen molar-refractivity contribution in [3.63, 3.8) is 0 Å². The first-order chi connectivity index (χ1) is 17.1. The first kappa shape index (κ1) is 27.8. The minimum Gasteiger partial charge on any atom is -0.480 e. The minimum absolute atomic E-state index is 0.205. The van der Waals surface area contributed by atoms with E-state index in [0.29, 0.717) is 32.0 Å². The van der Waals surface area contributed by atoms with E-state index in [-0.39, 0.29) is 12.1 Å². The standard InChI is InChI=1S/C22H24F9N3O3/c23-20(24,25)15-7-12(34-3-5-37-6-4-34)2-1-11(15)8-33-9-13-14(10-33)17(19(35)36)32-16(13)18(21(26,27)28)22(29,30)31/h1-2,7,13-14,16-18,32H,3-6,8-10H2,(H,35,36). The molecule has 3 aliphatic rings. The predicted molar refractivity (Wildman–Crippen MR) is 111 cm³/mol. The summed E-state index contributed by atoms with van der Waals surface area (Å²) in [6.45, 7) is 0.362. The maximum absolute atomic E-state index is 13.9. The zero-order chi connectivity index (χ0) is 27.3. The van der Waals surface area contributed by atoms with Gasteiger partial charge in [0.25, 0.3) is 0 Å². The van der Waals surface area contributed by atoms with Gasteiger partial charge in [-0.1, -0.05) is 6.07 Å². The topological polar surface area (TPSA) is 65.0 Å². The van der Waals surface area contributed by atoms with Gasteiger partial charge in [0.15, 0.2) is 5.92 Å². The summed E-state index contributed by atoms with van der Waals surface area (Å²) < 4.78 is 127. The van der Waals surface area contributed by atoms with Crippen LogP contribution in [0.3, 0.4) is 0 Å². The highest BCUT2D eigenvalue weighted by Crippen LogP contribution is 2.49. The van der Waals surface area contributed by atoms with Gasteiger partial charge in [-0.2, -0.15) is 39.5 Å². The van der Waals surface area contributed by atoms with Crippen LogP contribution in [0.4, 0.5) is 45.2 Å². The normalized spacial score (nSPS) is 27.7. The number of nitrogens with zero attached hydrogens (tertiary/aromatic N) is 2. The number of rotatable bonds is 5. The summed E-state index contributed by atoms with van der Waals surface area (Å²) >= 11 is 0. The van der Waals surface area contributed by atoms with Crippen LogP contribution in [0.5, 0.6) is 0 Å². The number of alkyl halides is 9. The maximum atomic E-state index is 13.9. The molecule has 3 saturated heterocycles. The summed E-state index contributed by atoms with van der Waals surface area (Å²) in [4.78, 5) is 14.7. The van der Waals surface area contributed by atoms with Crippen molar-refractivity contribution in [2.24, 2.45) is 17.8 Å². The molecule has 4 unspecified atom stereocenters. The Morgan fingerprint density at radius 2 is 1.59 bits per heavy atom. The summed E-state index contributed by atoms with van der Waals surface area (Å²) in [5.74, 6) is -7.95. The zero-order valence-electron chi connectivity index (χ0n) is 19.1. The predicted octanol–water partition coefficient (Wildman–Crippen LogP) is 3.76. The van der Waals surface area contributed by atoms with Gasteiger partial charge in [0.2, 0.25) is 0 Å². The third-order valence-corrected chi connectivity index (χ3v) is 7.25. The number of fused-ring (bicyclic) bond motifs is 1. The molecule has 0 aromatic heterocycles. The largest absolute Gasteiger partial charge is 0.480 e. The molecular formula is C22H24F9N3O3. The number of ether oxygens (including phenoxy) is 1. The van der Waals surface area contributed by atoms with Crippen molar-refractivity contribution in [3.05, 3.63) is 29.3 Å². The Bertz CT molecular complexity index is 978. The molecular weight excluding hydrogens is 525 g/mol. The minimum atomic E-state index is -5.69. The van der Waals surface area contributed by atoms with Gasteiger partial charge in [-0.05, 0) is 23.6 Å². The third kappa shape index (κ3) is 5.77. The summed E-state index contributed by atoms with van der Waals surface area (Å²) in [6.07, 6.45) is -16.2. The average molecular weight is 549 g/mol. The number of nitrogens with one attached hydrogen (secondary N) is 1. The van der Waals surface area contributed by atoms with E-state index in [1.54, 1.807) is 4.90 Å². The molecule has 4 rings (SSSR count).